The van der Waals surface area contributed by atoms with E-state index in [-0.39, 0.29) is 16.2 Å². The summed E-state index contributed by atoms with van der Waals surface area (Å²) in [5.41, 5.74) is 1.29. The summed E-state index contributed by atoms with van der Waals surface area (Å²) in [5, 5.41) is 0. The third-order valence-electron chi connectivity index (χ3n) is 3.65. The van der Waals surface area contributed by atoms with E-state index >= 15 is 0 Å². The normalized spacial score (nSPS) is 11.8. The molecule has 0 bridgehead atoms. The van der Waals surface area contributed by atoms with Crippen LogP contribution in [0.25, 0.3) is 11.1 Å². The summed E-state index contributed by atoms with van der Waals surface area (Å²) in [4.78, 5) is 11.7. The predicted octanol–water partition coefficient (Wildman–Crippen LogP) is 2.86. The van der Waals surface area contributed by atoms with Crippen molar-refractivity contribution < 1.29 is 17.2 Å². The molecule has 3 aromatic rings. The molecular weight excluding hydrogens is 335 g/mol. The number of aryl methyl sites for hydroxylation is 2. The lowest BCUT2D eigenvalue weighted by atomic mass is 10.2. The topological polar surface area (TPSA) is 81.3 Å². The van der Waals surface area contributed by atoms with Gasteiger partial charge in [-0.2, -0.15) is 0 Å². The Balaban J connectivity index is 2.11. The molecule has 0 radical (unpaired) electrons. The molecule has 24 heavy (non-hydrogen) atoms. The number of hydrogen-bond acceptors (Lipinski definition) is 4. The number of oxazole rings is 1. The summed E-state index contributed by atoms with van der Waals surface area (Å²) < 4.78 is 47.2. The summed E-state index contributed by atoms with van der Waals surface area (Å²) in [6.07, 6.45) is 0. The van der Waals surface area contributed by atoms with Crippen molar-refractivity contribution in [1.29, 1.82) is 0 Å². The third-order valence-corrected chi connectivity index (χ3v) is 5.17. The minimum Gasteiger partial charge on any atom is -0.408 e. The van der Waals surface area contributed by atoms with E-state index < -0.39 is 21.6 Å². The van der Waals surface area contributed by atoms with Crippen LogP contribution in [0.5, 0.6) is 0 Å². The first-order valence-electron chi connectivity index (χ1n) is 7.24. The molecule has 1 aromatic heterocycles. The maximum absolute atomic E-state index is 13.2. The first kappa shape index (κ1) is 16.3. The maximum atomic E-state index is 13.2. The fraction of sp³-hybridized carbons (Fsp3) is 0.188. The van der Waals surface area contributed by atoms with Crippen molar-refractivity contribution in [2.75, 3.05) is 4.72 Å². The highest BCUT2D eigenvalue weighted by Gasteiger charge is 2.20. The Labute approximate surface area is 137 Å². The van der Waals surface area contributed by atoms with Crippen LogP contribution in [0.2, 0.25) is 0 Å². The Morgan fingerprint density at radius 3 is 2.67 bits per heavy atom. The lowest BCUT2D eigenvalue weighted by Crippen LogP contribution is -2.15. The third kappa shape index (κ3) is 2.80. The van der Waals surface area contributed by atoms with E-state index in [9.17, 15) is 17.6 Å². The molecule has 126 valence electrons. The highest BCUT2D eigenvalue weighted by atomic mass is 32.2. The summed E-state index contributed by atoms with van der Waals surface area (Å²) in [6, 6.07) is 8.05. The van der Waals surface area contributed by atoms with Crippen molar-refractivity contribution >= 4 is 26.8 Å². The van der Waals surface area contributed by atoms with Crippen LogP contribution in [-0.2, 0) is 16.6 Å². The molecule has 0 saturated heterocycles. The zero-order valence-corrected chi connectivity index (χ0v) is 13.9. The first-order chi connectivity index (χ1) is 11.3. The van der Waals surface area contributed by atoms with Gasteiger partial charge in [-0.25, -0.2) is 17.6 Å². The number of halogens is 1. The van der Waals surface area contributed by atoms with Crippen LogP contribution < -0.4 is 10.5 Å². The van der Waals surface area contributed by atoms with Gasteiger partial charge in [0.15, 0.2) is 5.58 Å². The second-order valence-corrected chi connectivity index (χ2v) is 6.96. The smallest absolute Gasteiger partial charge is 0.408 e. The average molecular weight is 350 g/mol. The van der Waals surface area contributed by atoms with E-state index in [0.717, 1.165) is 6.07 Å². The standard InChI is InChI=1S/C16H15FN2O4S/c1-3-19-13-7-10(2)15(9-14(13)23-16(19)20)24(21,22)18-12-6-4-5-11(17)8-12/h4-9,18H,3H2,1-2H3. The molecule has 0 unspecified atom stereocenters. The molecule has 0 saturated carbocycles. The van der Waals surface area contributed by atoms with Crippen LogP contribution in [0.3, 0.4) is 0 Å². The highest BCUT2D eigenvalue weighted by Crippen LogP contribution is 2.25. The molecule has 2 aromatic carbocycles. The molecule has 1 N–H and O–H groups in total. The zero-order chi connectivity index (χ0) is 17.5. The van der Waals surface area contributed by atoms with Crippen molar-refractivity contribution in [1.82, 2.24) is 4.57 Å². The number of rotatable bonds is 4. The summed E-state index contributed by atoms with van der Waals surface area (Å²) >= 11 is 0. The number of hydrogen-bond donors (Lipinski definition) is 1. The quantitative estimate of drug-likeness (QED) is 0.784. The Hall–Kier alpha value is -2.61. The largest absolute Gasteiger partial charge is 0.419 e. The fourth-order valence-electron chi connectivity index (χ4n) is 2.55. The minimum atomic E-state index is -3.95. The second-order valence-electron chi connectivity index (χ2n) is 5.31. The summed E-state index contributed by atoms with van der Waals surface area (Å²) in [5.74, 6) is -1.09. The van der Waals surface area contributed by atoms with Crippen LogP contribution in [0, 0.1) is 12.7 Å². The van der Waals surface area contributed by atoms with E-state index in [1.165, 1.54) is 28.8 Å². The van der Waals surface area contributed by atoms with Crippen molar-refractivity contribution in [3.8, 4) is 0 Å². The van der Waals surface area contributed by atoms with Crippen molar-refractivity contribution in [3.63, 3.8) is 0 Å². The highest BCUT2D eigenvalue weighted by molar-refractivity contribution is 7.92. The molecule has 3 rings (SSSR count). The Morgan fingerprint density at radius 1 is 1.25 bits per heavy atom. The van der Waals surface area contributed by atoms with Gasteiger partial charge in [0.1, 0.15) is 5.82 Å². The number of sulfonamides is 1. The van der Waals surface area contributed by atoms with Crippen molar-refractivity contribution in [2.45, 2.75) is 25.3 Å². The van der Waals surface area contributed by atoms with E-state index in [2.05, 4.69) is 4.72 Å². The second kappa shape index (κ2) is 5.79. The van der Waals surface area contributed by atoms with Gasteiger partial charge >= 0.3 is 5.76 Å². The van der Waals surface area contributed by atoms with Gasteiger partial charge in [0.2, 0.25) is 0 Å². The molecule has 0 atom stereocenters. The van der Waals surface area contributed by atoms with Gasteiger partial charge in [-0.3, -0.25) is 9.29 Å². The number of fused-ring (bicyclic) bond motifs is 1. The monoisotopic (exact) mass is 350 g/mol. The number of benzene rings is 2. The molecule has 0 aliphatic carbocycles. The number of anilines is 1. The van der Waals surface area contributed by atoms with E-state index in [1.54, 1.807) is 19.9 Å². The Bertz CT molecular complexity index is 1080. The van der Waals surface area contributed by atoms with Gasteiger partial charge in [-0.05, 0) is 43.7 Å². The first-order valence-corrected chi connectivity index (χ1v) is 8.72. The summed E-state index contributed by atoms with van der Waals surface area (Å²) in [7, 11) is -3.95. The van der Waals surface area contributed by atoms with Gasteiger partial charge in [0.05, 0.1) is 16.1 Å². The molecule has 0 amide bonds. The molecular formula is C16H15FN2O4S. The fourth-order valence-corrected chi connectivity index (χ4v) is 3.84. The van der Waals surface area contributed by atoms with Gasteiger partial charge in [-0.15, -0.1) is 0 Å². The Morgan fingerprint density at radius 2 is 2.00 bits per heavy atom. The van der Waals surface area contributed by atoms with Gasteiger partial charge < -0.3 is 4.42 Å². The maximum Gasteiger partial charge on any atom is 0.419 e. The lowest BCUT2D eigenvalue weighted by molar-refractivity contribution is 0.512. The number of aromatic nitrogens is 1. The minimum absolute atomic E-state index is 0.0312. The Kier molecular flexibility index (Phi) is 3.92. The molecule has 0 spiro atoms. The molecule has 0 aliphatic heterocycles. The molecule has 0 aliphatic rings. The molecule has 0 fully saturated rings. The van der Waals surface area contributed by atoms with Gasteiger partial charge in [-0.1, -0.05) is 6.07 Å². The zero-order valence-electron chi connectivity index (χ0n) is 13.0. The van der Waals surface area contributed by atoms with Gasteiger partial charge in [0, 0.05) is 12.6 Å². The summed E-state index contributed by atoms with van der Waals surface area (Å²) in [6.45, 7) is 3.83. The van der Waals surface area contributed by atoms with Crippen molar-refractivity contribution in [2.24, 2.45) is 0 Å². The van der Waals surface area contributed by atoms with Crippen LogP contribution in [0.15, 0.2) is 50.5 Å². The van der Waals surface area contributed by atoms with Crippen LogP contribution >= 0.6 is 0 Å². The average Bonchev–Trinajstić information content (AvgIpc) is 2.80. The molecule has 1 heterocycles. The van der Waals surface area contributed by atoms with Gasteiger partial charge in [0.25, 0.3) is 10.0 Å². The van der Waals surface area contributed by atoms with Crippen LogP contribution in [0.4, 0.5) is 10.1 Å². The lowest BCUT2D eigenvalue weighted by Gasteiger charge is -2.10. The molecule has 8 heteroatoms. The van der Waals surface area contributed by atoms with Crippen LogP contribution in [-0.4, -0.2) is 13.0 Å². The van der Waals surface area contributed by atoms with E-state index in [1.807, 2.05) is 0 Å². The van der Waals surface area contributed by atoms with E-state index in [0.29, 0.717) is 17.6 Å². The number of nitrogens with zero attached hydrogens (tertiary/aromatic N) is 1. The predicted molar refractivity (Wildman–Crippen MR) is 88.1 cm³/mol. The SMILES string of the molecule is CCn1c(=O)oc2cc(S(=O)(=O)Nc3cccc(F)c3)c(C)cc21. The van der Waals surface area contributed by atoms with E-state index in [4.69, 9.17) is 4.42 Å². The number of nitrogens with one attached hydrogen (secondary N) is 1. The molecule has 6 nitrogen and oxygen atoms in total. The van der Waals surface area contributed by atoms with Crippen LogP contribution in [0.1, 0.15) is 12.5 Å². The van der Waals surface area contributed by atoms with Crippen molar-refractivity contribution in [3.05, 3.63) is 58.3 Å².